The molecule has 22 heavy (non-hydrogen) atoms. The SMILES string of the molecule is COc1ccc(N)c(S(=O)(=O)c2ccc3ccccc3c2)c1. The third-order valence-corrected chi connectivity index (χ3v) is 5.35. The van der Waals surface area contributed by atoms with E-state index in [4.69, 9.17) is 10.5 Å². The molecule has 0 saturated heterocycles. The Hall–Kier alpha value is -2.53. The van der Waals surface area contributed by atoms with E-state index >= 15 is 0 Å². The predicted molar refractivity (Wildman–Crippen MR) is 86.8 cm³/mol. The summed E-state index contributed by atoms with van der Waals surface area (Å²) in [6.07, 6.45) is 0. The van der Waals surface area contributed by atoms with Crippen LogP contribution in [0.2, 0.25) is 0 Å². The second kappa shape index (κ2) is 5.35. The summed E-state index contributed by atoms with van der Waals surface area (Å²) in [5, 5.41) is 1.85. The molecule has 0 atom stereocenters. The Labute approximate surface area is 129 Å². The van der Waals surface area contributed by atoms with Crippen LogP contribution in [-0.2, 0) is 9.84 Å². The Bertz CT molecular complexity index is 949. The zero-order valence-electron chi connectivity index (χ0n) is 12.0. The molecule has 0 spiro atoms. The highest BCUT2D eigenvalue weighted by atomic mass is 32.2. The third kappa shape index (κ3) is 2.40. The molecule has 0 aliphatic heterocycles. The Morgan fingerprint density at radius 1 is 0.909 bits per heavy atom. The standard InChI is InChI=1S/C17H15NO3S/c1-21-14-7-9-16(18)17(11-14)22(19,20)15-8-6-12-4-2-3-5-13(12)10-15/h2-11H,18H2,1H3. The van der Waals surface area contributed by atoms with Crippen LogP contribution in [0.25, 0.3) is 10.8 Å². The predicted octanol–water partition coefficient (Wildman–Crippen LogP) is 3.26. The lowest BCUT2D eigenvalue weighted by molar-refractivity contribution is 0.413. The molecule has 3 aromatic rings. The van der Waals surface area contributed by atoms with Crippen LogP contribution in [0, 0.1) is 0 Å². The number of sulfone groups is 1. The molecular formula is C17H15NO3S. The summed E-state index contributed by atoms with van der Waals surface area (Å²) in [5.74, 6) is 0.452. The summed E-state index contributed by atoms with van der Waals surface area (Å²) in [5.41, 5.74) is 6.05. The van der Waals surface area contributed by atoms with Gasteiger partial charge < -0.3 is 10.5 Å². The van der Waals surface area contributed by atoms with Gasteiger partial charge in [-0.25, -0.2) is 8.42 Å². The molecule has 3 aromatic carbocycles. The summed E-state index contributed by atoms with van der Waals surface area (Å²) in [6, 6.07) is 17.3. The maximum atomic E-state index is 12.8. The van der Waals surface area contributed by atoms with Gasteiger partial charge in [-0.05, 0) is 35.0 Å². The Kier molecular flexibility index (Phi) is 3.50. The first-order valence-electron chi connectivity index (χ1n) is 6.70. The fourth-order valence-electron chi connectivity index (χ4n) is 2.34. The highest BCUT2D eigenvalue weighted by Crippen LogP contribution is 2.30. The summed E-state index contributed by atoms with van der Waals surface area (Å²) in [4.78, 5) is 0.272. The molecule has 0 amide bonds. The Morgan fingerprint density at radius 2 is 1.64 bits per heavy atom. The molecule has 5 heteroatoms. The van der Waals surface area contributed by atoms with Crippen molar-refractivity contribution in [1.29, 1.82) is 0 Å². The van der Waals surface area contributed by atoms with E-state index in [1.807, 2.05) is 24.3 Å². The monoisotopic (exact) mass is 313 g/mol. The van der Waals surface area contributed by atoms with E-state index in [0.717, 1.165) is 10.8 Å². The van der Waals surface area contributed by atoms with Crippen molar-refractivity contribution in [1.82, 2.24) is 0 Å². The van der Waals surface area contributed by atoms with Gasteiger partial charge in [-0.2, -0.15) is 0 Å². The van der Waals surface area contributed by atoms with Gasteiger partial charge in [0.1, 0.15) is 5.75 Å². The maximum Gasteiger partial charge on any atom is 0.208 e. The summed E-state index contributed by atoms with van der Waals surface area (Å²) < 4.78 is 30.8. The number of benzene rings is 3. The molecule has 0 unspecified atom stereocenters. The van der Waals surface area contributed by atoms with Crippen molar-refractivity contribution in [2.45, 2.75) is 9.79 Å². The molecule has 2 N–H and O–H groups in total. The summed E-state index contributed by atoms with van der Waals surface area (Å²) in [6.45, 7) is 0. The second-order valence-corrected chi connectivity index (χ2v) is 6.83. The minimum absolute atomic E-state index is 0.0575. The van der Waals surface area contributed by atoms with E-state index in [-0.39, 0.29) is 15.5 Å². The second-order valence-electron chi connectivity index (χ2n) is 4.92. The zero-order chi connectivity index (χ0) is 15.7. The molecule has 4 nitrogen and oxygen atoms in total. The number of anilines is 1. The van der Waals surface area contributed by atoms with Crippen molar-refractivity contribution in [2.24, 2.45) is 0 Å². The van der Waals surface area contributed by atoms with E-state index in [1.54, 1.807) is 24.3 Å². The van der Waals surface area contributed by atoms with Gasteiger partial charge in [0, 0.05) is 6.07 Å². The first-order valence-corrected chi connectivity index (χ1v) is 8.18. The third-order valence-electron chi connectivity index (χ3n) is 3.54. The highest BCUT2D eigenvalue weighted by Gasteiger charge is 2.21. The molecule has 0 aliphatic carbocycles. The summed E-state index contributed by atoms with van der Waals surface area (Å²) >= 11 is 0. The molecule has 0 saturated carbocycles. The molecule has 0 fully saturated rings. The van der Waals surface area contributed by atoms with E-state index in [0.29, 0.717) is 5.75 Å². The lowest BCUT2D eigenvalue weighted by Crippen LogP contribution is -2.06. The van der Waals surface area contributed by atoms with Crippen molar-refractivity contribution < 1.29 is 13.2 Å². The van der Waals surface area contributed by atoms with Gasteiger partial charge in [0.15, 0.2) is 0 Å². The van der Waals surface area contributed by atoms with Gasteiger partial charge in [-0.15, -0.1) is 0 Å². The quantitative estimate of drug-likeness (QED) is 0.754. The van der Waals surface area contributed by atoms with Crippen molar-refractivity contribution >= 4 is 26.3 Å². The number of nitrogen functional groups attached to an aromatic ring is 1. The largest absolute Gasteiger partial charge is 0.497 e. The lowest BCUT2D eigenvalue weighted by atomic mass is 10.1. The van der Waals surface area contributed by atoms with Crippen molar-refractivity contribution in [3.63, 3.8) is 0 Å². The molecular weight excluding hydrogens is 298 g/mol. The van der Waals surface area contributed by atoms with Crippen LogP contribution in [-0.4, -0.2) is 15.5 Å². The summed E-state index contributed by atoms with van der Waals surface area (Å²) in [7, 11) is -2.21. The topological polar surface area (TPSA) is 69.4 Å². The zero-order valence-corrected chi connectivity index (χ0v) is 12.8. The molecule has 0 radical (unpaired) electrons. The maximum absolute atomic E-state index is 12.8. The minimum Gasteiger partial charge on any atom is -0.497 e. The molecule has 0 heterocycles. The number of nitrogens with two attached hydrogens (primary N) is 1. The van der Waals surface area contributed by atoms with E-state index in [2.05, 4.69) is 0 Å². The van der Waals surface area contributed by atoms with Crippen LogP contribution >= 0.6 is 0 Å². The van der Waals surface area contributed by atoms with Crippen molar-refractivity contribution in [3.05, 3.63) is 60.7 Å². The average Bonchev–Trinajstić information content (AvgIpc) is 2.54. The number of methoxy groups -OCH3 is 1. The average molecular weight is 313 g/mol. The van der Waals surface area contributed by atoms with Gasteiger partial charge in [0.2, 0.25) is 9.84 Å². The highest BCUT2D eigenvalue weighted by molar-refractivity contribution is 7.91. The van der Waals surface area contributed by atoms with E-state index < -0.39 is 9.84 Å². The minimum atomic E-state index is -3.70. The number of hydrogen-bond donors (Lipinski definition) is 1. The van der Waals surface area contributed by atoms with Gasteiger partial charge in [-0.3, -0.25) is 0 Å². The molecule has 0 aromatic heterocycles. The Morgan fingerprint density at radius 3 is 2.36 bits per heavy atom. The number of ether oxygens (including phenoxy) is 1. The van der Waals surface area contributed by atoms with E-state index in [9.17, 15) is 8.42 Å². The Balaban J connectivity index is 2.19. The van der Waals surface area contributed by atoms with Crippen molar-refractivity contribution in [3.8, 4) is 5.75 Å². The first-order chi connectivity index (χ1) is 10.5. The van der Waals surface area contributed by atoms with Gasteiger partial charge in [-0.1, -0.05) is 30.3 Å². The van der Waals surface area contributed by atoms with Crippen LogP contribution in [0.15, 0.2) is 70.5 Å². The first kappa shape index (κ1) is 14.4. The number of fused-ring (bicyclic) bond motifs is 1. The normalized spacial score (nSPS) is 11.5. The fourth-order valence-corrected chi connectivity index (χ4v) is 3.77. The van der Waals surface area contributed by atoms with Crippen LogP contribution in [0.1, 0.15) is 0 Å². The van der Waals surface area contributed by atoms with Crippen LogP contribution in [0.3, 0.4) is 0 Å². The van der Waals surface area contributed by atoms with Crippen LogP contribution in [0.4, 0.5) is 5.69 Å². The number of hydrogen-bond acceptors (Lipinski definition) is 4. The molecule has 112 valence electrons. The van der Waals surface area contributed by atoms with Crippen LogP contribution in [0.5, 0.6) is 5.75 Å². The number of rotatable bonds is 3. The smallest absolute Gasteiger partial charge is 0.208 e. The lowest BCUT2D eigenvalue weighted by Gasteiger charge is -2.10. The molecule has 0 aliphatic rings. The van der Waals surface area contributed by atoms with Gasteiger partial charge in [0.25, 0.3) is 0 Å². The van der Waals surface area contributed by atoms with Gasteiger partial charge >= 0.3 is 0 Å². The molecule has 0 bridgehead atoms. The van der Waals surface area contributed by atoms with Gasteiger partial charge in [0.05, 0.1) is 22.6 Å². The van der Waals surface area contributed by atoms with E-state index in [1.165, 1.54) is 19.2 Å². The fraction of sp³-hybridized carbons (Fsp3) is 0.0588. The van der Waals surface area contributed by atoms with Crippen molar-refractivity contribution in [2.75, 3.05) is 12.8 Å². The molecule has 3 rings (SSSR count). The van der Waals surface area contributed by atoms with Crippen LogP contribution < -0.4 is 10.5 Å².